The predicted octanol–water partition coefficient (Wildman–Crippen LogP) is 9.16. The summed E-state index contributed by atoms with van der Waals surface area (Å²) in [7, 11) is 4.21. The molecule has 1 aliphatic heterocycles. The monoisotopic (exact) mass is 574 g/mol. The van der Waals surface area contributed by atoms with Gasteiger partial charge in [-0.1, -0.05) is 64.3 Å². The van der Waals surface area contributed by atoms with Crippen LogP contribution >= 0.6 is 0 Å². The van der Waals surface area contributed by atoms with Crippen molar-refractivity contribution in [3.63, 3.8) is 0 Å². The summed E-state index contributed by atoms with van der Waals surface area (Å²) < 4.78 is 5.87. The van der Waals surface area contributed by atoms with Crippen LogP contribution in [0.15, 0.2) is 60.2 Å². The normalized spacial score (nSPS) is 13.4. The first-order chi connectivity index (χ1) is 18.9. The van der Waals surface area contributed by atoms with Gasteiger partial charge in [-0.05, 0) is 73.9 Å². The van der Waals surface area contributed by atoms with Crippen LogP contribution in [-0.2, 0) is 27.7 Å². The van der Waals surface area contributed by atoms with Crippen LogP contribution in [0.1, 0.15) is 102 Å². The Morgan fingerprint density at radius 1 is 0.692 bits per heavy atom. The average Bonchev–Trinajstić information content (AvgIpc) is 3.29. The molecule has 0 spiro atoms. The molecule has 0 fully saturated rings. The van der Waals surface area contributed by atoms with Crippen LogP contribution in [0.2, 0.25) is 0 Å². The van der Waals surface area contributed by atoms with Gasteiger partial charge >= 0.3 is 63.9 Å². The molecule has 0 atom stereocenters. The third-order valence-corrected chi connectivity index (χ3v) is 8.26. The molecule has 39 heavy (non-hydrogen) atoms. The van der Waals surface area contributed by atoms with E-state index < -0.39 is 0 Å². The molecule has 0 saturated carbocycles. The van der Waals surface area contributed by atoms with E-state index in [2.05, 4.69) is 111 Å². The molecule has 2 aromatic carbocycles. The average molecular weight is 576 g/mol. The number of aryl methyl sites for hydroxylation is 2. The van der Waals surface area contributed by atoms with Crippen LogP contribution in [0, 0.1) is 0 Å². The number of hydrogen-bond donors (Lipinski definition) is 0. The van der Waals surface area contributed by atoms with Crippen LogP contribution in [-0.4, -0.2) is 39.8 Å². The Balaban J connectivity index is 0.000000510. The summed E-state index contributed by atoms with van der Waals surface area (Å²) in [6.45, 7) is 13.2. The Morgan fingerprint density at radius 3 is 1.69 bits per heavy atom. The van der Waals surface area contributed by atoms with Crippen molar-refractivity contribution in [1.82, 2.24) is 7.96 Å². The minimum absolute atomic E-state index is 0.897. The topological polar surface area (TPSA) is 31.8 Å². The first kappa shape index (κ1) is 33.1. The van der Waals surface area contributed by atoms with E-state index in [9.17, 15) is 5.53 Å². The third kappa shape index (κ3) is 10.8. The summed E-state index contributed by atoms with van der Waals surface area (Å²) in [5, 5.41) is 0. The molecule has 0 N–H and O–H groups in total. The number of allylic oxidation sites excluding steroid dienone is 2. The van der Waals surface area contributed by atoms with Gasteiger partial charge in [-0.15, -0.1) is 0 Å². The van der Waals surface area contributed by atoms with Crippen molar-refractivity contribution in [2.24, 2.45) is 0 Å². The van der Waals surface area contributed by atoms with Crippen molar-refractivity contribution in [1.29, 1.82) is 0 Å². The summed E-state index contributed by atoms with van der Waals surface area (Å²) in [5.41, 5.74) is 19.3. The fraction of sp³-hybridized carbons (Fsp3) is 0.529. The second kappa shape index (κ2) is 18.3. The Kier molecular flexibility index (Phi) is 15.6. The fourth-order valence-corrected chi connectivity index (χ4v) is 5.27. The van der Waals surface area contributed by atoms with E-state index in [0.29, 0.717) is 0 Å². The second-order valence-corrected chi connectivity index (χ2v) is 11.9. The van der Waals surface area contributed by atoms with Crippen LogP contribution in [0.4, 0.5) is 0 Å². The molecule has 0 aromatic heterocycles. The molecular weight excluding hydrogens is 523 g/mol. The number of unbranched alkanes of at least 4 members (excludes halogenated alkanes) is 3. The van der Waals surface area contributed by atoms with Crippen molar-refractivity contribution >= 4 is 11.4 Å². The van der Waals surface area contributed by atoms with Crippen LogP contribution < -0.4 is 0 Å². The fourth-order valence-electron chi connectivity index (χ4n) is 4.42. The summed E-state index contributed by atoms with van der Waals surface area (Å²) in [6, 6.07) is 17.4. The van der Waals surface area contributed by atoms with E-state index in [0.717, 1.165) is 67.7 Å². The van der Waals surface area contributed by atoms with Gasteiger partial charge in [-0.3, -0.25) is 0 Å². The Bertz CT molecular complexity index is 1080. The quantitative estimate of drug-likeness (QED) is 0.157. The van der Waals surface area contributed by atoms with Crippen molar-refractivity contribution in [2.45, 2.75) is 92.4 Å². The third-order valence-electron chi connectivity index (χ3n) is 6.96. The minimum atomic E-state index is 0.897. The Hall–Kier alpha value is -2.07. The second-order valence-electron chi connectivity index (χ2n) is 10.2. The molecule has 4 nitrogen and oxygen atoms in total. The van der Waals surface area contributed by atoms with Crippen LogP contribution in [0.3, 0.4) is 0 Å². The number of hydrogen-bond acceptors (Lipinski definition) is 2. The van der Waals surface area contributed by atoms with E-state index >= 15 is 0 Å². The standard InChI is InChI=1S/C28H36N2.2C3H8N.Ni/c1-4-7-12-22-14-10-17-24(19-22)27-21-26(16-9-6-3)28(30(27)29)25-18-11-15-23(20-25)13-8-5-2;2*1-3-4-2;/h10-11,14-15,17-21H,4-9,12-13,16H2,1-3H3;2*3H2,1-2H3;/q;2*-1;+2. The summed E-state index contributed by atoms with van der Waals surface area (Å²) in [6.07, 6.45) is 12.4. The molecule has 5 heteroatoms. The number of benzene rings is 2. The van der Waals surface area contributed by atoms with Crippen LogP contribution in [0.5, 0.6) is 0 Å². The van der Waals surface area contributed by atoms with E-state index in [1.807, 2.05) is 0 Å². The summed E-state index contributed by atoms with van der Waals surface area (Å²) in [4.78, 5) is 0. The molecule has 0 bridgehead atoms. The molecule has 0 unspecified atom stereocenters. The zero-order chi connectivity index (χ0) is 28.6. The molecule has 218 valence electrons. The van der Waals surface area contributed by atoms with Gasteiger partial charge in [0.1, 0.15) is 0 Å². The van der Waals surface area contributed by atoms with Crippen molar-refractivity contribution < 1.29 is 19.6 Å². The van der Waals surface area contributed by atoms with Gasteiger partial charge in [0.15, 0.2) is 0 Å². The molecule has 2 aromatic rings. The zero-order valence-corrected chi connectivity index (χ0v) is 26.6. The van der Waals surface area contributed by atoms with Gasteiger partial charge in [0.25, 0.3) is 0 Å². The molecule has 3 rings (SSSR count). The van der Waals surface area contributed by atoms with E-state index in [1.165, 1.54) is 47.1 Å². The molecule has 1 aliphatic rings. The van der Waals surface area contributed by atoms with Crippen LogP contribution in [0.25, 0.3) is 16.9 Å². The van der Waals surface area contributed by atoms with E-state index in [4.69, 9.17) is 0 Å². The van der Waals surface area contributed by atoms with E-state index in [1.54, 1.807) is 14.9 Å². The predicted molar refractivity (Wildman–Crippen MR) is 165 cm³/mol. The molecule has 0 radical (unpaired) electrons. The molecule has 1 heterocycles. The van der Waals surface area contributed by atoms with Crippen molar-refractivity contribution in [2.75, 3.05) is 27.2 Å². The van der Waals surface area contributed by atoms with Crippen molar-refractivity contribution in [3.05, 3.63) is 88.0 Å². The number of rotatable bonds is 15. The van der Waals surface area contributed by atoms with Crippen molar-refractivity contribution in [3.8, 4) is 0 Å². The maximum absolute atomic E-state index is 11.3. The van der Waals surface area contributed by atoms with Gasteiger partial charge in [-0.25, -0.2) is 4.70 Å². The summed E-state index contributed by atoms with van der Waals surface area (Å²) >= 11 is 1.59. The number of nitrogens with zero attached hydrogens (tertiary/aromatic N) is 4. The van der Waals surface area contributed by atoms with Gasteiger partial charge in [0, 0.05) is 22.8 Å². The maximum atomic E-state index is 11.3. The Labute approximate surface area is 245 Å². The molecule has 0 aliphatic carbocycles. The molecule has 0 saturated heterocycles. The first-order valence-corrected chi connectivity index (χ1v) is 15.9. The van der Waals surface area contributed by atoms with Gasteiger partial charge in [0.2, 0.25) is 11.4 Å². The molecule has 0 amide bonds. The summed E-state index contributed by atoms with van der Waals surface area (Å²) in [5.74, 6) is 0. The first-order valence-electron chi connectivity index (χ1n) is 15.0. The van der Waals surface area contributed by atoms with Gasteiger partial charge in [-0.2, -0.15) is 0 Å². The zero-order valence-electron chi connectivity index (χ0n) is 25.6. The van der Waals surface area contributed by atoms with E-state index in [-0.39, 0.29) is 0 Å². The van der Waals surface area contributed by atoms with Gasteiger partial charge < -0.3 is 5.53 Å². The SMILES string of the molecule is CCCCC1=C(c2cccc(CCCC)c2)[N+](=[N-])C(c2cccc(CCCC)c2)=C1.CC[N](C)[Ni][N](C)CC. The Morgan fingerprint density at radius 2 is 1.18 bits per heavy atom. The molecular formula is C34H52N4Ni. The van der Waals surface area contributed by atoms with Gasteiger partial charge in [0.05, 0.1) is 0 Å².